The summed E-state index contributed by atoms with van der Waals surface area (Å²) < 4.78 is 0. The Morgan fingerprint density at radius 2 is 2.12 bits per heavy atom. The number of hydrogen-bond donors (Lipinski definition) is 1. The van der Waals surface area contributed by atoms with E-state index in [9.17, 15) is 9.59 Å². The van der Waals surface area contributed by atoms with E-state index in [1.807, 2.05) is 18.2 Å². The van der Waals surface area contributed by atoms with Gasteiger partial charge in [0.05, 0.1) is 0 Å². The number of hydrogen-bond acceptors (Lipinski definition) is 2. The van der Waals surface area contributed by atoms with Crippen molar-refractivity contribution in [3.8, 4) is 0 Å². The predicted octanol–water partition coefficient (Wildman–Crippen LogP) is 2.58. The van der Waals surface area contributed by atoms with Crippen molar-refractivity contribution in [3.63, 3.8) is 0 Å². The lowest BCUT2D eigenvalue weighted by Gasteiger charge is -1.97. The number of rotatable bonds is 3. The molecule has 1 aromatic carbocycles. The first-order valence-electron chi connectivity index (χ1n) is 4.96. The number of nitrogens with one attached hydrogen (secondary N) is 1. The van der Waals surface area contributed by atoms with E-state index in [0.717, 1.165) is 22.8 Å². The largest absolute Gasteiger partial charge is 0.360 e. The van der Waals surface area contributed by atoms with Crippen molar-refractivity contribution < 1.29 is 9.59 Å². The Kier molecular flexibility index (Phi) is 2.68. The second kappa shape index (κ2) is 4.14. The molecule has 0 spiro atoms. The third-order valence-electron chi connectivity index (χ3n) is 2.39. The van der Waals surface area contributed by atoms with Gasteiger partial charge in [0.15, 0.2) is 12.1 Å². The zero-order valence-electron chi connectivity index (χ0n) is 8.86. The highest BCUT2D eigenvalue weighted by molar-refractivity contribution is 6.03. The molecule has 0 aliphatic heterocycles. The zero-order chi connectivity index (χ0) is 11.5. The first-order valence-corrected chi connectivity index (χ1v) is 4.96. The van der Waals surface area contributed by atoms with Gasteiger partial charge in [0.25, 0.3) is 0 Å². The zero-order valence-corrected chi connectivity index (χ0v) is 8.86. The van der Waals surface area contributed by atoms with E-state index in [4.69, 9.17) is 0 Å². The molecule has 0 bridgehead atoms. The van der Waals surface area contributed by atoms with Crippen molar-refractivity contribution in [2.75, 3.05) is 0 Å². The first-order chi connectivity index (χ1) is 7.72. The molecule has 0 saturated carbocycles. The van der Waals surface area contributed by atoms with E-state index in [2.05, 4.69) is 4.98 Å². The molecule has 1 aromatic heterocycles. The second-order valence-electron chi connectivity index (χ2n) is 3.58. The lowest BCUT2D eigenvalue weighted by molar-refractivity contribution is -0.112. The summed E-state index contributed by atoms with van der Waals surface area (Å²) in [7, 11) is 0. The average Bonchev–Trinajstić information content (AvgIpc) is 2.69. The average molecular weight is 213 g/mol. The highest BCUT2D eigenvalue weighted by Crippen LogP contribution is 2.22. The molecule has 2 rings (SSSR count). The van der Waals surface area contributed by atoms with Crippen LogP contribution in [-0.4, -0.2) is 17.1 Å². The second-order valence-corrected chi connectivity index (χ2v) is 3.58. The Labute approximate surface area is 92.8 Å². The van der Waals surface area contributed by atoms with E-state index >= 15 is 0 Å². The minimum Gasteiger partial charge on any atom is -0.360 e. The minimum absolute atomic E-state index is 0.0137. The van der Waals surface area contributed by atoms with Crippen LogP contribution in [-0.2, 0) is 4.79 Å². The van der Waals surface area contributed by atoms with Gasteiger partial charge in [-0.3, -0.25) is 9.59 Å². The Bertz CT molecular complexity index is 579. The third kappa shape index (κ3) is 1.80. The summed E-state index contributed by atoms with van der Waals surface area (Å²) in [5, 5.41) is 0.856. The molecule has 1 N–H and O–H groups in total. The minimum atomic E-state index is -0.0137. The van der Waals surface area contributed by atoms with Gasteiger partial charge in [-0.25, -0.2) is 0 Å². The lowest BCUT2D eigenvalue weighted by atomic mass is 10.1. The number of carbonyl (C=O) groups is 2. The number of aldehydes is 1. The van der Waals surface area contributed by atoms with Crippen molar-refractivity contribution in [2.24, 2.45) is 0 Å². The molecule has 3 heteroatoms. The molecule has 0 radical (unpaired) electrons. The molecule has 0 unspecified atom stereocenters. The lowest BCUT2D eigenvalue weighted by Crippen LogP contribution is -1.83. The fourth-order valence-corrected chi connectivity index (χ4v) is 1.68. The summed E-state index contributed by atoms with van der Waals surface area (Å²) in [6, 6.07) is 5.66. The Morgan fingerprint density at radius 3 is 2.81 bits per heavy atom. The van der Waals surface area contributed by atoms with Gasteiger partial charge in [-0.15, -0.1) is 0 Å². The molecule has 0 saturated heterocycles. The Hall–Kier alpha value is -2.16. The predicted molar refractivity (Wildman–Crippen MR) is 63.4 cm³/mol. The molecular formula is C13H11NO2. The smallest absolute Gasteiger partial charge is 0.152 e. The fraction of sp³-hybridized carbons (Fsp3) is 0.0769. The summed E-state index contributed by atoms with van der Waals surface area (Å²) in [6.07, 6.45) is 5.70. The summed E-state index contributed by atoms with van der Waals surface area (Å²) in [6.45, 7) is 1.49. The van der Waals surface area contributed by atoms with Crippen LogP contribution >= 0.6 is 0 Å². The number of aromatic amines is 1. The molecule has 80 valence electrons. The van der Waals surface area contributed by atoms with Crippen LogP contribution in [0.15, 0.2) is 30.5 Å². The summed E-state index contributed by atoms with van der Waals surface area (Å²) in [4.78, 5) is 24.8. The fourth-order valence-electron chi connectivity index (χ4n) is 1.68. The third-order valence-corrected chi connectivity index (χ3v) is 2.39. The van der Waals surface area contributed by atoms with Crippen LogP contribution < -0.4 is 0 Å². The van der Waals surface area contributed by atoms with Crippen LogP contribution in [0.4, 0.5) is 0 Å². The van der Waals surface area contributed by atoms with Crippen LogP contribution in [0.2, 0.25) is 0 Å². The molecular weight excluding hydrogens is 202 g/mol. The van der Waals surface area contributed by atoms with Gasteiger partial charge in [-0.05, 0) is 24.6 Å². The number of ketones is 1. The number of carbonyl (C=O) groups excluding carboxylic acids is 2. The molecule has 0 aliphatic carbocycles. The number of aromatic nitrogens is 1. The summed E-state index contributed by atoms with van der Waals surface area (Å²) in [5.41, 5.74) is 2.38. The van der Waals surface area contributed by atoms with Crippen LogP contribution in [0.5, 0.6) is 0 Å². The molecule has 3 nitrogen and oxygen atoms in total. The van der Waals surface area contributed by atoms with Crippen molar-refractivity contribution in [1.29, 1.82) is 0 Å². The molecule has 0 amide bonds. The number of benzene rings is 1. The topological polar surface area (TPSA) is 49.9 Å². The van der Waals surface area contributed by atoms with Gasteiger partial charge in [0.2, 0.25) is 0 Å². The van der Waals surface area contributed by atoms with E-state index in [0.29, 0.717) is 5.56 Å². The van der Waals surface area contributed by atoms with E-state index in [1.165, 1.54) is 13.0 Å². The van der Waals surface area contributed by atoms with Crippen LogP contribution in [0.3, 0.4) is 0 Å². The highest BCUT2D eigenvalue weighted by Gasteiger charge is 2.05. The molecule has 0 atom stereocenters. The van der Waals surface area contributed by atoms with Gasteiger partial charge >= 0.3 is 0 Å². The quantitative estimate of drug-likeness (QED) is 0.629. The van der Waals surface area contributed by atoms with Crippen molar-refractivity contribution in [3.05, 3.63) is 41.6 Å². The number of fused-ring (bicyclic) bond motifs is 1. The van der Waals surface area contributed by atoms with Crippen molar-refractivity contribution in [1.82, 2.24) is 4.98 Å². The van der Waals surface area contributed by atoms with Gasteiger partial charge in [0, 0.05) is 22.7 Å². The maximum atomic E-state index is 10.9. The number of H-pyrrole nitrogens is 1. The first kappa shape index (κ1) is 10.4. The maximum Gasteiger partial charge on any atom is 0.152 e. The van der Waals surface area contributed by atoms with Crippen LogP contribution in [0, 0.1) is 0 Å². The molecule has 1 heterocycles. The molecule has 2 aromatic rings. The van der Waals surface area contributed by atoms with Gasteiger partial charge in [0.1, 0.15) is 0 Å². The van der Waals surface area contributed by atoms with Crippen LogP contribution in [0.1, 0.15) is 22.8 Å². The molecule has 0 fully saturated rings. The Morgan fingerprint density at radius 1 is 1.31 bits per heavy atom. The van der Waals surface area contributed by atoms with Crippen molar-refractivity contribution in [2.45, 2.75) is 6.92 Å². The van der Waals surface area contributed by atoms with E-state index in [1.54, 1.807) is 12.3 Å². The summed E-state index contributed by atoms with van der Waals surface area (Å²) in [5.74, 6) is -0.0137. The SMILES string of the molecule is CC(=O)C=Cc1cccc2[nH]cc(C=O)c12. The van der Waals surface area contributed by atoms with Gasteiger partial charge in [-0.2, -0.15) is 0 Å². The highest BCUT2D eigenvalue weighted by atomic mass is 16.1. The van der Waals surface area contributed by atoms with Crippen LogP contribution in [0.25, 0.3) is 17.0 Å². The van der Waals surface area contributed by atoms with E-state index in [-0.39, 0.29) is 5.78 Å². The normalized spacial score (nSPS) is 11.1. The van der Waals surface area contributed by atoms with E-state index < -0.39 is 0 Å². The monoisotopic (exact) mass is 213 g/mol. The number of allylic oxidation sites excluding steroid dienone is 1. The Balaban J connectivity index is 2.63. The maximum absolute atomic E-state index is 10.9. The molecule has 16 heavy (non-hydrogen) atoms. The standard InChI is InChI=1S/C13H11NO2/c1-9(16)5-6-10-3-2-4-12-13(10)11(8-15)7-14-12/h2-8,14H,1H3. The van der Waals surface area contributed by atoms with Gasteiger partial charge < -0.3 is 4.98 Å². The van der Waals surface area contributed by atoms with Crippen molar-refractivity contribution >= 4 is 29.0 Å². The van der Waals surface area contributed by atoms with Gasteiger partial charge in [-0.1, -0.05) is 18.2 Å². The summed E-state index contributed by atoms with van der Waals surface area (Å²) >= 11 is 0. The molecule has 0 aliphatic rings.